The molecule has 0 bridgehead atoms. The van der Waals surface area contributed by atoms with E-state index in [0.29, 0.717) is 10.9 Å². The number of aromatic amines is 1. The Morgan fingerprint density at radius 3 is 3.00 bits per heavy atom. The Bertz CT molecular complexity index is 508. The molecule has 0 aliphatic heterocycles. The summed E-state index contributed by atoms with van der Waals surface area (Å²) in [5.41, 5.74) is 5.28. The van der Waals surface area contributed by atoms with E-state index in [0.717, 1.165) is 4.88 Å². The minimum absolute atomic E-state index is 0.0457. The monoisotopic (exact) mass is 257 g/mol. The fraction of sp³-hybridized carbons (Fsp3) is 0.125. The molecule has 2 aromatic heterocycles. The number of nitrogens with zero attached hydrogens (tertiary/aromatic N) is 2. The summed E-state index contributed by atoms with van der Waals surface area (Å²) in [5.74, 6) is -0.210. The first-order chi connectivity index (χ1) is 7.65. The van der Waals surface area contributed by atoms with Gasteiger partial charge in [-0.05, 0) is 12.1 Å². The van der Waals surface area contributed by atoms with Gasteiger partial charge in [-0.15, -0.1) is 16.4 Å². The van der Waals surface area contributed by atoms with E-state index in [-0.39, 0.29) is 17.7 Å². The van der Waals surface area contributed by atoms with Crippen LogP contribution in [0.3, 0.4) is 0 Å². The fourth-order valence-electron chi connectivity index (χ4n) is 1.07. The molecule has 0 saturated heterocycles. The van der Waals surface area contributed by atoms with Crippen LogP contribution in [0.15, 0.2) is 12.1 Å². The summed E-state index contributed by atoms with van der Waals surface area (Å²) in [4.78, 5) is 16.2. The molecule has 0 aliphatic carbocycles. The van der Waals surface area contributed by atoms with Gasteiger partial charge in [-0.1, -0.05) is 11.6 Å². The highest BCUT2D eigenvalue weighted by molar-refractivity contribution is 7.16. The van der Waals surface area contributed by atoms with Crippen LogP contribution in [-0.4, -0.2) is 21.1 Å². The molecular formula is C8H8ClN5OS. The number of H-pyrrole nitrogens is 1. The Kier molecular flexibility index (Phi) is 3.07. The Morgan fingerprint density at radius 2 is 2.44 bits per heavy atom. The third kappa shape index (κ3) is 2.50. The minimum Gasteiger partial charge on any atom is -0.366 e. The second kappa shape index (κ2) is 4.50. The predicted molar refractivity (Wildman–Crippen MR) is 61.3 cm³/mol. The number of nitrogens with one attached hydrogen (secondary N) is 2. The van der Waals surface area contributed by atoms with Gasteiger partial charge in [-0.2, -0.15) is 4.98 Å². The molecule has 1 amide bonds. The Labute approximate surface area is 99.8 Å². The van der Waals surface area contributed by atoms with Gasteiger partial charge in [0.15, 0.2) is 0 Å². The molecule has 0 unspecified atom stereocenters. The van der Waals surface area contributed by atoms with Gasteiger partial charge < -0.3 is 11.1 Å². The van der Waals surface area contributed by atoms with Crippen LogP contribution in [0.4, 0.5) is 5.95 Å². The molecule has 16 heavy (non-hydrogen) atoms. The highest BCUT2D eigenvalue weighted by Gasteiger charge is 2.10. The minimum atomic E-state index is -0.353. The van der Waals surface area contributed by atoms with Crippen molar-refractivity contribution in [2.45, 2.75) is 6.54 Å². The van der Waals surface area contributed by atoms with Crippen molar-refractivity contribution < 1.29 is 4.79 Å². The molecule has 2 aromatic rings. The fourth-order valence-corrected chi connectivity index (χ4v) is 2.10. The third-order valence-corrected chi connectivity index (χ3v) is 3.00. The average molecular weight is 258 g/mol. The molecule has 6 nitrogen and oxygen atoms in total. The van der Waals surface area contributed by atoms with Gasteiger partial charge in [0, 0.05) is 4.88 Å². The zero-order chi connectivity index (χ0) is 11.5. The Hall–Kier alpha value is -1.60. The van der Waals surface area contributed by atoms with Crippen molar-refractivity contribution in [1.29, 1.82) is 0 Å². The first-order valence-electron chi connectivity index (χ1n) is 4.35. The molecule has 2 heterocycles. The first-order valence-corrected chi connectivity index (χ1v) is 5.55. The van der Waals surface area contributed by atoms with Crippen LogP contribution >= 0.6 is 22.9 Å². The number of nitrogens with two attached hydrogens (primary N) is 1. The lowest BCUT2D eigenvalue weighted by Gasteiger charge is -1.99. The van der Waals surface area contributed by atoms with E-state index in [2.05, 4.69) is 20.5 Å². The van der Waals surface area contributed by atoms with Crippen molar-refractivity contribution in [3.8, 4) is 0 Å². The van der Waals surface area contributed by atoms with Crippen molar-refractivity contribution in [2.75, 3.05) is 5.73 Å². The smallest absolute Gasteiger partial charge is 0.288 e. The highest BCUT2D eigenvalue weighted by Crippen LogP contribution is 2.20. The summed E-state index contributed by atoms with van der Waals surface area (Å²) in [5, 5.41) is 8.65. The van der Waals surface area contributed by atoms with Crippen molar-refractivity contribution in [1.82, 2.24) is 20.5 Å². The molecule has 4 N–H and O–H groups in total. The average Bonchev–Trinajstić information content (AvgIpc) is 2.84. The van der Waals surface area contributed by atoms with E-state index in [1.165, 1.54) is 11.3 Å². The summed E-state index contributed by atoms with van der Waals surface area (Å²) in [6.07, 6.45) is 0. The van der Waals surface area contributed by atoms with Crippen LogP contribution < -0.4 is 11.1 Å². The van der Waals surface area contributed by atoms with Gasteiger partial charge >= 0.3 is 0 Å². The largest absolute Gasteiger partial charge is 0.366 e. The molecule has 0 aromatic carbocycles. The van der Waals surface area contributed by atoms with Crippen molar-refractivity contribution in [3.63, 3.8) is 0 Å². The number of carbonyl (C=O) groups excluding carboxylic acids is 1. The van der Waals surface area contributed by atoms with Crippen molar-refractivity contribution in [3.05, 3.63) is 27.2 Å². The lowest BCUT2D eigenvalue weighted by Crippen LogP contribution is -2.23. The predicted octanol–water partition coefficient (Wildman–Crippen LogP) is 1.03. The zero-order valence-corrected chi connectivity index (χ0v) is 9.60. The van der Waals surface area contributed by atoms with E-state index in [9.17, 15) is 4.79 Å². The van der Waals surface area contributed by atoms with Crippen molar-refractivity contribution >= 4 is 34.8 Å². The molecule has 8 heteroatoms. The van der Waals surface area contributed by atoms with Crippen LogP contribution in [0.25, 0.3) is 0 Å². The van der Waals surface area contributed by atoms with E-state index < -0.39 is 0 Å². The van der Waals surface area contributed by atoms with Gasteiger partial charge in [0.05, 0.1) is 10.9 Å². The lowest BCUT2D eigenvalue weighted by atomic mass is 10.4. The molecule has 84 valence electrons. The summed E-state index contributed by atoms with van der Waals surface area (Å²) in [7, 11) is 0. The number of thiophene rings is 1. The second-order valence-corrected chi connectivity index (χ2v) is 4.73. The topological polar surface area (TPSA) is 96.7 Å². The number of amides is 1. The normalized spacial score (nSPS) is 10.3. The molecule has 0 atom stereocenters. The van der Waals surface area contributed by atoms with Crippen LogP contribution in [0.5, 0.6) is 0 Å². The lowest BCUT2D eigenvalue weighted by molar-refractivity contribution is 0.0941. The van der Waals surface area contributed by atoms with Crippen LogP contribution in [0.2, 0.25) is 4.34 Å². The number of aromatic nitrogens is 3. The van der Waals surface area contributed by atoms with E-state index in [1.54, 1.807) is 6.07 Å². The van der Waals surface area contributed by atoms with Gasteiger partial charge in [0.25, 0.3) is 5.91 Å². The highest BCUT2D eigenvalue weighted by atomic mass is 35.5. The molecule has 2 rings (SSSR count). The number of nitrogen functional groups attached to an aromatic ring is 1. The summed E-state index contributed by atoms with van der Waals surface area (Å²) < 4.78 is 0.688. The maximum atomic E-state index is 11.5. The van der Waals surface area contributed by atoms with Crippen LogP contribution in [0, 0.1) is 0 Å². The number of hydrogen-bond acceptors (Lipinski definition) is 5. The molecule has 0 radical (unpaired) electrons. The number of anilines is 1. The molecule has 0 fully saturated rings. The summed E-state index contributed by atoms with van der Waals surface area (Å²) >= 11 is 7.17. The standard InChI is InChI=1S/C8H8ClN5OS/c9-5-2-1-4(16-5)3-11-7(15)6-12-8(10)14-13-6/h1-2H,3H2,(H,11,15)(H3,10,12,13,14). The van der Waals surface area contributed by atoms with Gasteiger partial charge in [0.2, 0.25) is 11.8 Å². The quantitative estimate of drug-likeness (QED) is 0.765. The Balaban J connectivity index is 1.93. The summed E-state index contributed by atoms with van der Waals surface area (Å²) in [6, 6.07) is 3.63. The van der Waals surface area contributed by atoms with Gasteiger partial charge in [-0.3, -0.25) is 9.89 Å². The molecule has 0 aliphatic rings. The third-order valence-electron chi connectivity index (χ3n) is 1.77. The maximum absolute atomic E-state index is 11.5. The Morgan fingerprint density at radius 1 is 1.62 bits per heavy atom. The molecule has 0 saturated carbocycles. The zero-order valence-electron chi connectivity index (χ0n) is 8.03. The van der Waals surface area contributed by atoms with Crippen LogP contribution in [-0.2, 0) is 6.54 Å². The number of rotatable bonds is 3. The molecule has 0 spiro atoms. The second-order valence-electron chi connectivity index (χ2n) is 2.93. The number of hydrogen-bond donors (Lipinski definition) is 3. The van der Waals surface area contributed by atoms with E-state index in [4.69, 9.17) is 17.3 Å². The number of halogens is 1. The van der Waals surface area contributed by atoms with E-state index in [1.807, 2.05) is 6.07 Å². The first kappa shape index (κ1) is 10.9. The van der Waals surface area contributed by atoms with Gasteiger partial charge in [0.1, 0.15) is 0 Å². The SMILES string of the molecule is Nc1n[nH]c(C(=O)NCc2ccc(Cl)s2)n1. The van der Waals surface area contributed by atoms with Gasteiger partial charge in [-0.25, -0.2) is 0 Å². The molecular weight excluding hydrogens is 250 g/mol. The van der Waals surface area contributed by atoms with E-state index >= 15 is 0 Å². The summed E-state index contributed by atoms with van der Waals surface area (Å²) in [6.45, 7) is 0.400. The number of carbonyl (C=O) groups is 1. The van der Waals surface area contributed by atoms with Crippen LogP contribution in [0.1, 0.15) is 15.5 Å². The maximum Gasteiger partial charge on any atom is 0.288 e. The van der Waals surface area contributed by atoms with Crippen molar-refractivity contribution in [2.24, 2.45) is 0 Å².